The SMILES string of the molecule is COc1cc2cnc(Nc3cc(O)c(C)cc3F)nc2cc1OCc1nccn1C. The number of ether oxygens (including phenoxy) is 2. The summed E-state index contributed by atoms with van der Waals surface area (Å²) in [4.78, 5) is 12.9. The average Bonchev–Trinajstić information content (AvgIpc) is 3.14. The van der Waals surface area contributed by atoms with Crippen molar-refractivity contribution < 1.29 is 19.0 Å². The Kier molecular flexibility index (Phi) is 5.09. The summed E-state index contributed by atoms with van der Waals surface area (Å²) in [5.41, 5.74) is 1.11. The van der Waals surface area contributed by atoms with Crippen LogP contribution >= 0.6 is 0 Å². The highest BCUT2D eigenvalue weighted by atomic mass is 19.1. The van der Waals surface area contributed by atoms with Crippen LogP contribution in [0.25, 0.3) is 10.9 Å². The van der Waals surface area contributed by atoms with Crippen LogP contribution in [0, 0.1) is 12.7 Å². The van der Waals surface area contributed by atoms with Crippen LogP contribution in [-0.4, -0.2) is 31.7 Å². The van der Waals surface area contributed by atoms with Crippen molar-refractivity contribution in [2.45, 2.75) is 13.5 Å². The summed E-state index contributed by atoms with van der Waals surface area (Å²) in [6.07, 6.45) is 5.13. The van der Waals surface area contributed by atoms with Crippen molar-refractivity contribution in [3.8, 4) is 17.2 Å². The number of hydrogen-bond donors (Lipinski definition) is 2. The number of halogens is 1. The molecule has 0 aliphatic carbocycles. The fourth-order valence-corrected chi connectivity index (χ4v) is 2.93. The lowest BCUT2D eigenvalue weighted by Gasteiger charge is -2.13. The molecule has 0 fully saturated rings. The molecule has 0 aliphatic rings. The van der Waals surface area contributed by atoms with Crippen LogP contribution in [0.15, 0.2) is 42.9 Å². The Bertz CT molecular complexity index is 1220. The molecular weight excluding hydrogens is 389 g/mol. The van der Waals surface area contributed by atoms with Gasteiger partial charge >= 0.3 is 0 Å². The first-order valence-corrected chi connectivity index (χ1v) is 9.14. The van der Waals surface area contributed by atoms with Gasteiger partial charge in [-0.15, -0.1) is 0 Å². The molecule has 4 rings (SSSR count). The number of imidazole rings is 1. The molecule has 2 aromatic carbocycles. The molecule has 0 aliphatic heterocycles. The van der Waals surface area contributed by atoms with Crippen LogP contribution in [-0.2, 0) is 13.7 Å². The lowest BCUT2D eigenvalue weighted by molar-refractivity contribution is 0.273. The van der Waals surface area contributed by atoms with Gasteiger partial charge in [0.2, 0.25) is 5.95 Å². The zero-order valence-electron chi connectivity index (χ0n) is 16.7. The van der Waals surface area contributed by atoms with Gasteiger partial charge in [-0.05, 0) is 24.6 Å². The zero-order chi connectivity index (χ0) is 21.3. The Morgan fingerprint density at radius 3 is 2.73 bits per heavy atom. The van der Waals surface area contributed by atoms with E-state index in [2.05, 4.69) is 20.3 Å². The highest BCUT2D eigenvalue weighted by Gasteiger charge is 2.12. The van der Waals surface area contributed by atoms with E-state index in [4.69, 9.17) is 9.47 Å². The topological polar surface area (TPSA) is 94.3 Å². The molecule has 0 unspecified atom stereocenters. The third-order valence-electron chi connectivity index (χ3n) is 4.68. The van der Waals surface area contributed by atoms with Gasteiger partial charge in [0.25, 0.3) is 0 Å². The van der Waals surface area contributed by atoms with Crippen LogP contribution in [0.2, 0.25) is 0 Å². The number of phenolic OH excluding ortho intramolecular Hbond substituents is 1. The molecule has 0 radical (unpaired) electrons. The van der Waals surface area contributed by atoms with Crippen LogP contribution in [0.5, 0.6) is 17.2 Å². The van der Waals surface area contributed by atoms with Gasteiger partial charge in [-0.1, -0.05) is 0 Å². The van der Waals surface area contributed by atoms with Gasteiger partial charge < -0.3 is 24.5 Å². The molecule has 30 heavy (non-hydrogen) atoms. The number of aryl methyl sites for hydroxylation is 2. The molecule has 0 saturated carbocycles. The molecular formula is C21H20FN5O3. The number of rotatable bonds is 6. The molecule has 0 saturated heterocycles. The maximum Gasteiger partial charge on any atom is 0.227 e. The van der Waals surface area contributed by atoms with Crippen LogP contribution in [0.3, 0.4) is 0 Å². The third-order valence-corrected chi connectivity index (χ3v) is 4.68. The number of anilines is 2. The fourth-order valence-electron chi connectivity index (χ4n) is 2.93. The van der Waals surface area contributed by atoms with E-state index in [9.17, 15) is 9.50 Å². The predicted octanol–water partition coefficient (Wildman–Crippen LogP) is 3.85. The Hall–Kier alpha value is -3.88. The molecule has 9 heteroatoms. The highest BCUT2D eigenvalue weighted by Crippen LogP contribution is 2.33. The van der Waals surface area contributed by atoms with E-state index in [1.54, 1.807) is 38.6 Å². The van der Waals surface area contributed by atoms with E-state index in [0.29, 0.717) is 22.6 Å². The van der Waals surface area contributed by atoms with Crippen molar-refractivity contribution in [1.82, 2.24) is 19.5 Å². The minimum absolute atomic E-state index is 0.0191. The number of aromatic hydroxyl groups is 1. The Labute approximate surface area is 172 Å². The number of benzene rings is 2. The minimum Gasteiger partial charge on any atom is -0.508 e. The first-order valence-electron chi connectivity index (χ1n) is 9.14. The van der Waals surface area contributed by atoms with E-state index in [1.165, 1.54) is 12.1 Å². The number of hydrogen-bond acceptors (Lipinski definition) is 7. The summed E-state index contributed by atoms with van der Waals surface area (Å²) in [5.74, 6) is 1.45. The molecule has 0 atom stereocenters. The number of nitrogens with zero attached hydrogens (tertiary/aromatic N) is 4. The number of nitrogens with one attached hydrogen (secondary N) is 1. The molecule has 8 nitrogen and oxygen atoms in total. The van der Waals surface area contributed by atoms with Crippen LogP contribution < -0.4 is 14.8 Å². The zero-order valence-corrected chi connectivity index (χ0v) is 16.7. The van der Waals surface area contributed by atoms with Crippen LogP contribution in [0.4, 0.5) is 16.0 Å². The second-order valence-electron chi connectivity index (χ2n) is 6.74. The van der Waals surface area contributed by atoms with Gasteiger partial charge in [0.1, 0.15) is 24.0 Å². The second-order valence-corrected chi connectivity index (χ2v) is 6.74. The molecule has 4 aromatic rings. The summed E-state index contributed by atoms with van der Waals surface area (Å²) in [6, 6.07) is 6.04. The quantitative estimate of drug-likeness (QED) is 0.500. The normalized spacial score (nSPS) is 10.9. The number of aromatic nitrogens is 4. The van der Waals surface area contributed by atoms with Crippen molar-refractivity contribution >= 4 is 22.5 Å². The van der Waals surface area contributed by atoms with E-state index in [-0.39, 0.29) is 24.0 Å². The maximum absolute atomic E-state index is 14.2. The monoisotopic (exact) mass is 409 g/mol. The summed E-state index contributed by atoms with van der Waals surface area (Å²) in [5, 5.41) is 13.4. The van der Waals surface area contributed by atoms with Gasteiger partial charge in [-0.3, -0.25) is 0 Å². The van der Waals surface area contributed by atoms with Crippen molar-refractivity contribution in [1.29, 1.82) is 0 Å². The molecule has 0 spiro atoms. The summed E-state index contributed by atoms with van der Waals surface area (Å²) >= 11 is 0. The number of phenols is 1. The van der Waals surface area contributed by atoms with Gasteiger partial charge in [0, 0.05) is 43.2 Å². The van der Waals surface area contributed by atoms with E-state index < -0.39 is 5.82 Å². The standard InChI is InChI=1S/C21H20FN5O3/c1-12-6-14(22)16(8-17(12)28)26-21-24-10-13-7-18(29-3)19(9-15(13)25-21)30-11-20-23-4-5-27(20)2/h4-10,28H,11H2,1-3H3,(H,24,25,26). The largest absolute Gasteiger partial charge is 0.508 e. The average molecular weight is 409 g/mol. The number of methoxy groups -OCH3 is 1. The second kappa shape index (κ2) is 7.86. The Balaban J connectivity index is 1.64. The third kappa shape index (κ3) is 3.82. The van der Waals surface area contributed by atoms with Gasteiger partial charge in [-0.2, -0.15) is 0 Å². The Morgan fingerprint density at radius 2 is 2.00 bits per heavy atom. The van der Waals surface area contributed by atoms with Gasteiger partial charge in [-0.25, -0.2) is 19.3 Å². The van der Waals surface area contributed by atoms with Crippen molar-refractivity contribution in [3.05, 3.63) is 60.1 Å². The van der Waals surface area contributed by atoms with Crippen molar-refractivity contribution in [2.75, 3.05) is 12.4 Å². The van der Waals surface area contributed by atoms with Gasteiger partial charge in [0.15, 0.2) is 11.5 Å². The molecule has 2 aromatic heterocycles. The smallest absolute Gasteiger partial charge is 0.227 e. The number of fused-ring (bicyclic) bond motifs is 1. The maximum atomic E-state index is 14.2. The van der Waals surface area contributed by atoms with E-state index in [0.717, 1.165) is 11.2 Å². The Morgan fingerprint density at radius 1 is 1.17 bits per heavy atom. The molecule has 0 bridgehead atoms. The lowest BCUT2D eigenvalue weighted by atomic mass is 10.2. The molecule has 154 valence electrons. The van der Waals surface area contributed by atoms with Crippen molar-refractivity contribution in [2.24, 2.45) is 7.05 Å². The van der Waals surface area contributed by atoms with E-state index >= 15 is 0 Å². The minimum atomic E-state index is -0.511. The first-order chi connectivity index (χ1) is 14.4. The summed E-state index contributed by atoms with van der Waals surface area (Å²) < 4.78 is 27.4. The van der Waals surface area contributed by atoms with E-state index in [1.807, 2.05) is 17.8 Å². The van der Waals surface area contributed by atoms with Crippen LogP contribution in [0.1, 0.15) is 11.4 Å². The first kappa shape index (κ1) is 19.4. The molecule has 2 N–H and O–H groups in total. The summed E-state index contributed by atoms with van der Waals surface area (Å²) in [6.45, 7) is 1.88. The molecule has 0 amide bonds. The van der Waals surface area contributed by atoms with Gasteiger partial charge in [0.05, 0.1) is 18.3 Å². The fraction of sp³-hybridized carbons (Fsp3) is 0.190. The summed E-state index contributed by atoms with van der Waals surface area (Å²) in [7, 11) is 3.44. The predicted molar refractivity (Wildman–Crippen MR) is 110 cm³/mol. The van der Waals surface area contributed by atoms with Crippen molar-refractivity contribution in [3.63, 3.8) is 0 Å². The lowest BCUT2D eigenvalue weighted by Crippen LogP contribution is -2.04. The molecule has 2 heterocycles. The highest BCUT2D eigenvalue weighted by molar-refractivity contribution is 5.83.